The van der Waals surface area contributed by atoms with Crippen LogP contribution in [0.1, 0.15) is 31.7 Å². The number of hydrogen-bond donors (Lipinski definition) is 2. The summed E-state index contributed by atoms with van der Waals surface area (Å²) in [6, 6.07) is 8.33. The van der Waals surface area contributed by atoms with Gasteiger partial charge in [-0.1, -0.05) is 31.9 Å². The minimum atomic E-state index is -0.883. The molecule has 0 radical (unpaired) electrons. The maximum atomic E-state index is 11.1. The van der Waals surface area contributed by atoms with Gasteiger partial charge >= 0.3 is 5.97 Å². The number of para-hydroxylation sites is 1. The molecular formula is C13H16N2O2. The Morgan fingerprint density at radius 2 is 2.24 bits per heavy atom. The first kappa shape index (κ1) is 13.0. The molecule has 2 N–H and O–H groups in total. The Labute approximate surface area is 101 Å². The van der Waals surface area contributed by atoms with Crippen LogP contribution in [-0.2, 0) is 4.79 Å². The van der Waals surface area contributed by atoms with E-state index in [1.165, 1.54) is 0 Å². The molecule has 0 heterocycles. The molecule has 1 rings (SSSR count). The molecule has 1 atom stereocenters. The Kier molecular flexibility index (Phi) is 5.02. The van der Waals surface area contributed by atoms with Gasteiger partial charge in [0.1, 0.15) is 12.1 Å². The number of hydrogen-bond acceptors (Lipinski definition) is 3. The first-order chi connectivity index (χ1) is 8.19. The van der Waals surface area contributed by atoms with Crippen molar-refractivity contribution in [3.63, 3.8) is 0 Å². The SMILES string of the molecule is CCCCC(Nc1ccccc1C#N)C(=O)O. The molecule has 1 aromatic carbocycles. The minimum absolute atomic E-state index is 0.468. The molecule has 0 bridgehead atoms. The zero-order valence-electron chi connectivity index (χ0n) is 9.81. The molecule has 4 nitrogen and oxygen atoms in total. The first-order valence-electron chi connectivity index (χ1n) is 5.67. The molecule has 0 saturated heterocycles. The molecule has 0 aliphatic heterocycles. The van der Waals surface area contributed by atoms with Crippen LogP contribution in [0.15, 0.2) is 24.3 Å². The molecule has 0 aromatic heterocycles. The van der Waals surface area contributed by atoms with Crippen LogP contribution in [0.3, 0.4) is 0 Å². The molecular weight excluding hydrogens is 216 g/mol. The van der Waals surface area contributed by atoms with Crippen molar-refractivity contribution in [2.24, 2.45) is 0 Å². The van der Waals surface area contributed by atoms with Crippen molar-refractivity contribution in [3.05, 3.63) is 29.8 Å². The number of carbonyl (C=O) groups is 1. The molecule has 0 aliphatic rings. The second-order valence-electron chi connectivity index (χ2n) is 3.83. The number of benzene rings is 1. The van der Waals surface area contributed by atoms with Gasteiger partial charge in [-0.05, 0) is 18.6 Å². The Morgan fingerprint density at radius 3 is 2.82 bits per heavy atom. The second kappa shape index (κ2) is 6.54. The van der Waals surface area contributed by atoms with Crippen molar-refractivity contribution in [2.45, 2.75) is 32.2 Å². The van der Waals surface area contributed by atoms with Gasteiger partial charge < -0.3 is 10.4 Å². The average Bonchev–Trinajstić information content (AvgIpc) is 2.34. The third-order valence-corrected chi connectivity index (χ3v) is 2.52. The fraction of sp³-hybridized carbons (Fsp3) is 0.385. The lowest BCUT2D eigenvalue weighted by Gasteiger charge is -2.16. The van der Waals surface area contributed by atoms with E-state index in [-0.39, 0.29) is 0 Å². The van der Waals surface area contributed by atoms with Crippen LogP contribution >= 0.6 is 0 Å². The molecule has 1 aromatic rings. The fourth-order valence-electron chi connectivity index (χ4n) is 1.56. The average molecular weight is 232 g/mol. The second-order valence-corrected chi connectivity index (χ2v) is 3.83. The van der Waals surface area contributed by atoms with Crippen LogP contribution in [-0.4, -0.2) is 17.1 Å². The van der Waals surface area contributed by atoms with E-state index >= 15 is 0 Å². The van der Waals surface area contributed by atoms with E-state index < -0.39 is 12.0 Å². The molecule has 0 spiro atoms. The summed E-state index contributed by atoms with van der Waals surface area (Å²) in [6.07, 6.45) is 2.36. The highest BCUT2D eigenvalue weighted by atomic mass is 16.4. The van der Waals surface area contributed by atoms with Crippen LogP contribution < -0.4 is 5.32 Å². The number of anilines is 1. The Bertz CT molecular complexity index is 424. The molecule has 90 valence electrons. The van der Waals surface area contributed by atoms with Crippen molar-refractivity contribution in [1.82, 2.24) is 0 Å². The number of nitrogens with one attached hydrogen (secondary N) is 1. The fourth-order valence-corrected chi connectivity index (χ4v) is 1.56. The minimum Gasteiger partial charge on any atom is -0.480 e. The van der Waals surface area contributed by atoms with Gasteiger partial charge in [0.2, 0.25) is 0 Å². The summed E-state index contributed by atoms with van der Waals surface area (Å²) in [7, 11) is 0. The van der Waals surface area contributed by atoms with Gasteiger partial charge in [0, 0.05) is 0 Å². The molecule has 0 fully saturated rings. The van der Waals surface area contributed by atoms with Crippen LogP contribution in [0.4, 0.5) is 5.69 Å². The number of rotatable bonds is 6. The number of carboxylic acid groups (broad SMARTS) is 1. The Hall–Kier alpha value is -2.02. The van der Waals surface area contributed by atoms with E-state index in [0.717, 1.165) is 12.8 Å². The Morgan fingerprint density at radius 1 is 1.53 bits per heavy atom. The quantitative estimate of drug-likeness (QED) is 0.790. The zero-order valence-corrected chi connectivity index (χ0v) is 9.81. The van der Waals surface area contributed by atoms with E-state index in [4.69, 9.17) is 10.4 Å². The van der Waals surface area contributed by atoms with E-state index in [9.17, 15) is 4.79 Å². The highest BCUT2D eigenvalue weighted by Gasteiger charge is 2.17. The van der Waals surface area contributed by atoms with Gasteiger partial charge in [0.25, 0.3) is 0 Å². The van der Waals surface area contributed by atoms with Crippen LogP contribution in [0.25, 0.3) is 0 Å². The highest BCUT2D eigenvalue weighted by Crippen LogP contribution is 2.16. The summed E-state index contributed by atoms with van der Waals surface area (Å²) in [5.74, 6) is -0.883. The largest absolute Gasteiger partial charge is 0.480 e. The smallest absolute Gasteiger partial charge is 0.326 e. The van der Waals surface area contributed by atoms with E-state index in [1.807, 2.05) is 13.0 Å². The van der Waals surface area contributed by atoms with Crippen molar-refractivity contribution in [2.75, 3.05) is 5.32 Å². The molecule has 17 heavy (non-hydrogen) atoms. The predicted octanol–water partition coefficient (Wildman–Crippen LogP) is 2.61. The van der Waals surface area contributed by atoms with Gasteiger partial charge in [0.15, 0.2) is 0 Å². The molecule has 4 heteroatoms. The van der Waals surface area contributed by atoms with Crippen LogP contribution in [0, 0.1) is 11.3 Å². The first-order valence-corrected chi connectivity index (χ1v) is 5.67. The predicted molar refractivity (Wildman–Crippen MR) is 65.7 cm³/mol. The van der Waals surface area contributed by atoms with Crippen molar-refractivity contribution in [3.8, 4) is 6.07 Å². The lowest BCUT2D eigenvalue weighted by molar-refractivity contribution is -0.138. The summed E-state index contributed by atoms with van der Waals surface area (Å²) < 4.78 is 0. The third-order valence-electron chi connectivity index (χ3n) is 2.52. The number of nitriles is 1. The van der Waals surface area contributed by atoms with Gasteiger partial charge in [-0.25, -0.2) is 4.79 Å². The maximum absolute atomic E-state index is 11.1. The summed E-state index contributed by atoms with van der Waals surface area (Å²) in [5.41, 5.74) is 1.05. The number of nitrogens with zero attached hydrogens (tertiary/aromatic N) is 1. The van der Waals surface area contributed by atoms with E-state index in [2.05, 4.69) is 5.32 Å². The summed E-state index contributed by atoms with van der Waals surface area (Å²) >= 11 is 0. The van der Waals surface area contributed by atoms with Crippen LogP contribution in [0.5, 0.6) is 0 Å². The molecule has 1 unspecified atom stereocenters. The van der Waals surface area contributed by atoms with Crippen LogP contribution in [0.2, 0.25) is 0 Å². The number of aliphatic carboxylic acids is 1. The monoisotopic (exact) mass is 232 g/mol. The topological polar surface area (TPSA) is 73.1 Å². The number of unbranched alkanes of at least 4 members (excludes halogenated alkanes) is 1. The van der Waals surface area contributed by atoms with Gasteiger partial charge in [0.05, 0.1) is 11.3 Å². The zero-order chi connectivity index (χ0) is 12.7. The van der Waals surface area contributed by atoms with Gasteiger partial charge in [-0.2, -0.15) is 5.26 Å². The summed E-state index contributed by atoms with van der Waals surface area (Å²) in [5, 5.41) is 20.9. The lowest BCUT2D eigenvalue weighted by Crippen LogP contribution is -2.29. The number of carboxylic acids is 1. The van der Waals surface area contributed by atoms with Crippen molar-refractivity contribution < 1.29 is 9.90 Å². The van der Waals surface area contributed by atoms with E-state index in [0.29, 0.717) is 17.7 Å². The Balaban J connectivity index is 2.79. The van der Waals surface area contributed by atoms with Gasteiger partial charge in [-0.15, -0.1) is 0 Å². The van der Waals surface area contributed by atoms with Crippen molar-refractivity contribution >= 4 is 11.7 Å². The highest BCUT2D eigenvalue weighted by molar-refractivity contribution is 5.78. The maximum Gasteiger partial charge on any atom is 0.326 e. The van der Waals surface area contributed by atoms with Crippen molar-refractivity contribution in [1.29, 1.82) is 5.26 Å². The standard InChI is InChI=1S/C13H16N2O2/c1-2-3-7-12(13(16)17)15-11-8-5-4-6-10(11)9-14/h4-6,8,12,15H,2-3,7H2,1H3,(H,16,17). The molecule has 0 amide bonds. The third kappa shape index (κ3) is 3.80. The van der Waals surface area contributed by atoms with E-state index in [1.54, 1.807) is 24.3 Å². The van der Waals surface area contributed by atoms with Gasteiger partial charge in [-0.3, -0.25) is 0 Å². The molecule has 0 saturated carbocycles. The summed E-state index contributed by atoms with van der Waals surface area (Å²) in [6.45, 7) is 2.02. The lowest BCUT2D eigenvalue weighted by atomic mass is 10.1. The normalized spacial score (nSPS) is 11.5. The molecule has 0 aliphatic carbocycles. The summed E-state index contributed by atoms with van der Waals surface area (Å²) in [4.78, 5) is 11.1.